The highest BCUT2D eigenvalue weighted by Crippen LogP contribution is 2.18. The number of para-hydroxylation sites is 1. The molecule has 0 radical (unpaired) electrons. The number of carboxylic acids is 1. The SMILES string of the molecule is CC(C)COc1ccccc1CNC(=O)N(C)CCC(=O)O. The maximum absolute atomic E-state index is 11.9. The highest BCUT2D eigenvalue weighted by molar-refractivity contribution is 5.75. The van der Waals surface area contributed by atoms with Crippen molar-refractivity contribution in [1.29, 1.82) is 0 Å². The van der Waals surface area contributed by atoms with Crippen LogP contribution in [0.1, 0.15) is 25.8 Å². The number of carboxylic acid groups (broad SMARTS) is 1. The second-order valence-corrected chi connectivity index (χ2v) is 5.54. The van der Waals surface area contributed by atoms with Gasteiger partial charge in [-0.05, 0) is 12.0 Å². The van der Waals surface area contributed by atoms with Gasteiger partial charge in [-0.3, -0.25) is 4.79 Å². The standard InChI is InChI=1S/C16H24N2O4/c1-12(2)11-22-14-7-5-4-6-13(14)10-17-16(21)18(3)9-8-15(19)20/h4-7,12H,8-11H2,1-3H3,(H,17,21)(H,19,20). The van der Waals surface area contributed by atoms with Crippen LogP contribution in [-0.2, 0) is 11.3 Å². The van der Waals surface area contributed by atoms with Gasteiger partial charge in [-0.25, -0.2) is 4.79 Å². The van der Waals surface area contributed by atoms with Crippen molar-refractivity contribution in [2.75, 3.05) is 20.2 Å². The summed E-state index contributed by atoms with van der Waals surface area (Å²) in [7, 11) is 1.57. The first-order chi connectivity index (χ1) is 10.4. The first-order valence-electron chi connectivity index (χ1n) is 7.31. The summed E-state index contributed by atoms with van der Waals surface area (Å²) >= 11 is 0. The summed E-state index contributed by atoms with van der Waals surface area (Å²) in [6.45, 7) is 5.27. The topological polar surface area (TPSA) is 78.9 Å². The van der Waals surface area contributed by atoms with Crippen LogP contribution in [0, 0.1) is 5.92 Å². The number of benzene rings is 1. The molecular formula is C16H24N2O4. The van der Waals surface area contributed by atoms with Crippen molar-refractivity contribution in [3.63, 3.8) is 0 Å². The summed E-state index contributed by atoms with van der Waals surface area (Å²) in [5.74, 6) is 0.251. The molecule has 0 bridgehead atoms. The molecule has 0 spiro atoms. The number of hydrogen-bond donors (Lipinski definition) is 2. The van der Waals surface area contributed by atoms with Gasteiger partial charge >= 0.3 is 12.0 Å². The number of nitrogens with one attached hydrogen (secondary N) is 1. The number of aliphatic carboxylic acids is 1. The third-order valence-electron chi connectivity index (χ3n) is 2.98. The predicted molar refractivity (Wildman–Crippen MR) is 83.9 cm³/mol. The van der Waals surface area contributed by atoms with E-state index in [4.69, 9.17) is 9.84 Å². The number of rotatable bonds is 8. The van der Waals surface area contributed by atoms with Crippen molar-refractivity contribution < 1.29 is 19.4 Å². The lowest BCUT2D eigenvalue weighted by molar-refractivity contribution is -0.137. The van der Waals surface area contributed by atoms with E-state index in [1.165, 1.54) is 4.90 Å². The van der Waals surface area contributed by atoms with E-state index >= 15 is 0 Å². The van der Waals surface area contributed by atoms with E-state index in [-0.39, 0.29) is 19.0 Å². The Morgan fingerprint density at radius 2 is 2.00 bits per heavy atom. The Morgan fingerprint density at radius 1 is 1.32 bits per heavy atom. The number of amides is 2. The van der Waals surface area contributed by atoms with E-state index < -0.39 is 5.97 Å². The lowest BCUT2D eigenvalue weighted by Crippen LogP contribution is -2.38. The van der Waals surface area contributed by atoms with Crippen molar-refractivity contribution >= 4 is 12.0 Å². The largest absolute Gasteiger partial charge is 0.493 e. The van der Waals surface area contributed by atoms with Gasteiger partial charge in [0.2, 0.25) is 0 Å². The normalized spacial score (nSPS) is 10.4. The van der Waals surface area contributed by atoms with Crippen LogP contribution in [0.5, 0.6) is 5.75 Å². The Kier molecular flexibility index (Phi) is 7.22. The van der Waals surface area contributed by atoms with Crippen molar-refractivity contribution in [2.45, 2.75) is 26.8 Å². The Balaban J connectivity index is 2.53. The number of ether oxygens (including phenoxy) is 1. The van der Waals surface area contributed by atoms with E-state index in [0.29, 0.717) is 19.1 Å². The van der Waals surface area contributed by atoms with Gasteiger partial charge in [0.05, 0.1) is 13.0 Å². The molecule has 6 nitrogen and oxygen atoms in total. The first kappa shape index (κ1) is 17.8. The zero-order valence-electron chi connectivity index (χ0n) is 13.3. The molecule has 0 aliphatic carbocycles. The maximum Gasteiger partial charge on any atom is 0.317 e. The van der Waals surface area contributed by atoms with E-state index in [9.17, 15) is 9.59 Å². The number of hydrogen-bond acceptors (Lipinski definition) is 3. The zero-order chi connectivity index (χ0) is 16.5. The average Bonchev–Trinajstić information content (AvgIpc) is 2.48. The summed E-state index contributed by atoms with van der Waals surface area (Å²) in [5.41, 5.74) is 0.892. The summed E-state index contributed by atoms with van der Waals surface area (Å²) in [6, 6.07) is 7.24. The minimum atomic E-state index is -0.924. The van der Waals surface area contributed by atoms with Gasteiger partial charge < -0.3 is 20.1 Å². The molecular weight excluding hydrogens is 284 g/mol. The summed E-state index contributed by atoms with van der Waals surface area (Å²) < 4.78 is 5.73. The molecule has 2 amide bonds. The van der Waals surface area contributed by atoms with Crippen LogP contribution < -0.4 is 10.1 Å². The third-order valence-corrected chi connectivity index (χ3v) is 2.98. The first-order valence-corrected chi connectivity index (χ1v) is 7.31. The van der Waals surface area contributed by atoms with E-state index in [1.54, 1.807) is 7.05 Å². The molecule has 6 heteroatoms. The van der Waals surface area contributed by atoms with Crippen molar-refractivity contribution in [1.82, 2.24) is 10.2 Å². The monoisotopic (exact) mass is 308 g/mol. The Bertz CT molecular complexity index is 503. The third kappa shape index (κ3) is 6.47. The minimum Gasteiger partial charge on any atom is -0.493 e. The van der Waals surface area contributed by atoms with Crippen LogP contribution in [0.4, 0.5) is 4.79 Å². The average molecular weight is 308 g/mol. The van der Waals surface area contributed by atoms with Gasteiger partial charge in [-0.15, -0.1) is 0 Å². The molecule has 0 aromatic heterocycles. The van der Waals surface area contributed by atoms with Crippen LogP contribution in [0.2, 0.25) is 0 Å². The minimum absolute atomic E-state index is 0.0714. The number of urea groups is 1. The van der Waals surface area contributed by atoms with Gasteiger partial charge in [-0.1, -0.05) is 32.0 Å². The van der Waals surface area contributed by atoms with Crippen molar-refractivity contribution in [3.05, 3.63) is 29.8 Å². The van der Waals surface area contributed by atoms with Gasteiger partial charge in [0.25, 0.3) is 0 Å². The molecule has 0 saturated carbocycles. The second-order valence-electron chi connectivity index (χ2n) is 5.54. The van der Waals surface area contributed by atoms with Crippen LogP contribution in [0.15, 0.2) is 24.3 Å². The summed E-state index contributed by atoms with van der Waals surface area (Å²) in [4.78, 5) is 23.7. The van der Waals surface area contributed by atoms with Gasteiger partial charge in [0.15, 0.2) is 0 Å². The lowest BCUT2D eigenvalue weighted by Gasteiger charge is -2.18. The molecule has 1 aromatic carbocycles. The lowest BCUT2D eigenvalue weighted by atomic mass is 10.2. The van der Waals surface area contributed by atoms with Crippen molar-refractivity contribution in [3.8, 4) is 5.75 Å². The Hall–Kier alpha value is -2.24. The quantitative estimate of drug-likeness (QED) is 0.772. The van der Waals surface area contributed by atoms with Crippen LogP contribution in [0.25, 0.3) is 0 Å². The van der Waals surface area contributed by atoms with E-state index in [2.05, 4.69) is 19.2 Å². The Labute approximate surface area is 131 Å². The molecule has 0 saturated heterocycles. The fourth-order valence-electron chi connectivity index (χ4n) is 1.72. The molecule has 0 unspecified atom stereocenters. The molecule has 0 aliphatic rings. The highest BCUT2D eigenvalue weighted by Gasteiger charge is 2.11. The number of carbonyl (C=O) groups is 2. The van der Waals surface area contributed by atoms with Gasteiger partial charge in [-0.2, -0.15) is 0 Å². The van der Waals surface area contributed by atoms with Crippen LogP contribution in [0.3, 0.4) is 0 Å². The highest BCUT2D eigenvalue weighted by atomic mass is 16.5. The molecule has 0 fully saturated rings. The molecule has 22 heavy (non-hydrogen) atoms. The smallest absolute Gasteiger partial charge is 0.317 e. The fraction of sp³-hybridized carbons (Fsp3) is 0.500. The fourth-order valence-corrected chi connectivity index (χ4v) is 1.72. The van der Waals surface area contributed by atoms with E-state index in [0.717, 1.165) is 11.3 Å². The summed E-state index contributed by atoms with van der Waals surface area (Å²) in [6.07, 6.45) is -0.0714. The number of nitrogens with zero attached hydrogens (tertiary/aromatic N) is 1. The number of carbonyl (C=O) groups excluding carboxylic acids is 1. The summed E-state index contributed by atoms with van der Waals surface area (Å²) in [5, 5.41) is 11.4. The maximum atomic E-state index is 11.9. The molecule has 1 rings (SSSR count). The Morgan fingerprint density at radius 3 is 2.64 bits per heavy atom. The van der Waals surface area contributed by atoms with Gasteiger partial charge in [0.1, 0.15) is 5.75 Å². The molecule has 122 valence electrons. The predicted octanol–water partition coefficient (Wildman–Crippen LogP) is 2.34. The van der Waals surface area contributed by atoms with Crippen LogP contribution >= 0.6 is 0 Å². The molecule has 0 heterocycles. The molecule has 0 aliphatic heterocycles. The van der Waals surface area contributed by atoms with Crippen LogP contribution in [-0.4, -0.2) is 42.2 Å². The molecule has 0 atom stereocenters. The van der Waals surface area contributed by atoms with Gasteiger partial charge in [0, 0.05) is 25.7 Å². The van der Waals surface area contributed by atoms with Crippen molar-refractivity contribution in [2.24, 2.45) is 5.92 Å². The second kappa shape index (κ2) is 8.92. The molecule has 1 aromatic rings. The van der Waals surface area contributed by atoms with E-state index in [1.807, 2.05) is 24.3 Å². The molecule has 2 N–H and O–H groups in total. The zero-order valence-corrected chi connectivity index (χ0v) is 13.3.